The number of hydrogen-bond donors (Lipinski definition) is 2. The molecule has 4 aromatic rings. The van der Waals surface area contributed by atoms with Gasteiger partial charge in [0, 0.05) is 28.3 Å². The lowest BCUT2D eigenvalue weighted by Crippen LogP contribution is -2.15. The van der Waals surface area contributed by atoms with Crippen molar-refractivity contribution >= 4 is 17.3 Å². The van der Waals surface area contributed by atoms with Gasteiger partial charge in [0.1, 0.15) is 5.56 Å². The van der Waals surface area contributed by atoms with Gasteiger partial charge in [-0.25, -0.2) is 0 Å². The summed E-state index contributed by atoms with van der Waals surface area (Å²) in [6.45, 7) is 0. The molecule has 0 spiro atoms. The zero-order valence-corrected chi connectivity index (χ0v) is 23.1. The fourth-order valence-electron chi connectivity index (χ4n) is 4.10. The molecule has 0 aliphatic rings. The first-order chi connectivity index (χ1) is 21.0. The highest BCUT2D eigenvalue weighted by Gasteiger charge is 2.40. The molecule has 4 rings (SSSR count). The third-order valence-electron chi connectivity index (χ3n) is 6.12. The molecule has 0 aliphatic carbocycles. The van der Waals surface area contributed by atoms with Crippen molar-refractivity contribution < 1.29 is 60.5 Å². The van der Waals surface area contributed by atoms with E-state index in [0.717, 1.165) is 50.6 Å². The van der Waals surface area contributed by atoms with Crippen molar-refractivity contribution in [2.24, 2.45) is 0 Å². The van der Waals surface area contributed by atoms with Gasteiger partial charge in [0.05, 0.1) is 24.7 Å². The number of methoxy groups -OCH3 is 2. The lowest BCUT2D eigenvalue weighted by Gasteiger charge is -2.17. The van der Waals surface area contributed by atoms with Crippen LogP contribution in [0.2, 0.25) is 0 Å². The van der Waals surface area contributed by atoms with E-state index in [2.05, 4.69) is 4.74 Å². The number of ketones is 2. The Morgan fingerprint density at radius 2 is 1.31 bits per heavy atom. The summed E-state index contributed by atoms with van der Waals surface area (Å²) in [5.74, 6) is -4.51. The molecule has 2 N–H and O–H groups in total. The number of ether oxygens (including phenoxy) is 2. The van der Waals surface area contributed by atoms with Crippen LogP contribution in [0.4, 0.5) is 32.0 Å². The maximum atomic E-state index is 13.2. The van der Waals surface area contributed by atoms with Crippen molar-refractivity contribution in [3.63, 3.8) is 0 Å². The van der Waals surface area contributed by atoms with Gasteiger partial charge in [-0.2, -0.15) is 26.3 Å². The Kier molecular flexibility index (Phi) is 10.1. The minimum Gasteiger partial charge on any atom is -0.504 e. The van der Waals surface area contributed by atoms with E-state index < -0.39 is 85.3 Å². The van der Waals surface area contributed by atoms with Gasteiger partial charge < -0.3 is 19.7 Å². The molecule has 0 saturated heterocycles. The number of alkyl halides is 6. The van der Waals surface area contributed by atoms with Crippen molar-refractivity contribution in [3.05, 3.63) is 122 Å². The summed E-state index contributed by atoms with van der Waals surface area (Å²) in [7, 11) is 2.10. The molecule has 0 bridgehead atoms. The van der Waals surface area contributed by atoms with Crippen molar-refractivity contribution in [2.75, 3.05) is 14.2 Å². The average Bonchev–Trinajstić information content (AvgIpc) is 3.00. The predicted molar refractivity (Wildman–Crippen MR) is 146 cm³/mol. The van der Waals surface area contributed by atoms with Crippen LogP contribution < -0.4 is 9.47 Å². The first-order valence-electron chi connectivity index (χ1n) is 12.4. The summed E-state index contributed by atoms with van der Waals surface area (Å²) < 4.78 is 88.0. The number of nitro benzene ring substituents is 1. The van der Waals surface area contributed by atoms with Crippen LogP contribution in [-0.4, -0.2) is 40.9 Å². The normalized spacial score (nSPS) is 11.2. The molecule has 9 nitrogen and oxygen atoms in total. The maximum Gasteiger partial charge on any atom is 0.420 e. The number of aromatic hydroxyl groups is 2. The van der Waals surface area contributed by atoms with Crippen LogP contribution in [0.3, 0.4) is 0 Å². The quantitative estimate of drug-likeness (QED) is 0.0939. The van der Waals surface area contributed by atoms with Gasteiger partial charge in [-0.1, -0.05) is 48.5 Å². The molecular formula is C30H21F6NO8. The lowest BCUT2D eigenvalue weighted by atomic mass is 9.97. The molecule has 0 atom stereocenters. The van der Waals surface area contributed by atoms with Gasteiger partial charge in [-0.05, 0) is 24.3 Å². The van der Waals surface area contributed by atoms with Crippen LogP contribution in [0.15, 0.2) is 78.9 Å². The minimum absolute atomic E-state index is 0.121. The highest BCUT2D eigenvalue weighted by molar-refractivity contribution is 6.11. The van der Waals surface area contributed by atoms with Gasteiger partial charge in [0.25, 0.3) is 0 Å². The molecular weight excluding hydrogens is 616 g/mol. The van der Waals surface area contributed by atoms with E-state index >= 15 is 0 Å². The number of benzene rings is 4. The van der Waals surface area contributed by atoms with Crippen LogP contribution >= 0.6 is 0 Å². The second kappa shape index (κ2) is 13.4. The Morgan fingerprint density at radius 1 is 0.733 bits per heavy atom. The highest BCUT2D eigenvalue weighted by atomic mass is 19.4. The summed E-state index contributed by atoms with van der Waals surface area (Å²) >= 11 is 0. The molecule has 0 aromatic heterocycles. The van der Waals surface area contributed by atoms with Gasteiger partial charge in [0.2, 0.25) is 5.75 Å². The topological polar surface area (TPSA) is 136 Å². The number of carbonyl (C=O) groups excluding carboxylic acids is 2. The molecule has 0 amide bonds. The van der Waals surface area contributed by atoms with Crippen LogP contribution in [0.25, 0.3) is 0 Å². The van der Waals surface area contributed by atoms with E-state index in [1.54, 1.807) is 18.2 Å². The third kappa shape index (κ3) is 7.49. The molecule has 4 aromatic carbocycles. The number of nitro groups is 1. The van der Waals surface area contributed by atoms with E-state index in [1.807, 2.05) is 0 Å². The zero-order valence-electron chi connectivity index (χ0n) is 23.1. The van der Waals surface area contributed by atoms with Gasteiger partial charge in [-0.15, -0.1) is 0 Å². The molecule has 15 heteroatoms. The number of halogens is 6. The van der Waals surface area contributed by atoms with Crippen molar-refractivity contribution in [3.8, 4) is 23.0 Å². The number of hydrogen-bond acceptors (Lipinski definition) is 8. The fourth-order valence-corrected chi connectivity index (χ4v) is 4.10. The van der Waals surface area contributed by atoms with Crippen LogP contribution in [0.1, 0.15) is 43.0 Å². The standard InChI is InChI=1S/C15H10F3NO5.C15H11F3O3/c1-24-12-7-8(6-11(14(12)21)19(22)23)13(20)9-4-2-3-5-10(9)15(16,17)18;1-21-14-11(19)8-7-10(12(14)15(16,17)18)13(20)9-5-3-2-4-6-9/h2-7,21H,1H3;2-8,19H,1H3. The molecule has 236 valence electrons. The lowest BCUT2D eigenvalue weighted by molar-refractivity contribution is -0.386. The van der Waals surface area contributed by atoms with Crippen LogP contribution in [-0.2, 0) is 12.4 Å². The SMILES string of the molecule is COc1c(O)ccc(C(=O)c2ccccc2)c1C(F)(F)F.COc1cc(C(=O)c2ccccc2C(F)(F)F)cc([N+](=O)[O-])c1O. The first-order valence-corrected chi connectivity index (χ1v) is 12.4. The summed E-state index contributed by atoms with van der Waals surface area (Å²) in [6.07, 6.45) is -9.59. The number of phenolic OH excluding ortho intramolecular Hbond substituents is 2. The fraction of sp³-hybridized carbons (Fsp3) is 0.133. The van der Waals surface area contributed by atoms with Crippen LogP contribution in [0.5, 0.6) is 23.0 Å². The molecule has 45 heavy (non-hydrogen) atoms. The van der Waals surface area contributed by atoms with E-state index in [4.69, 9.17) is 4.74 Å². The second-order valence-electron chi connectivity index (χ2n) is 8.91. The summed E-state index contributed by atoms with van der Waals surface area (Å²) in [5, 5.41) is 30.1. The Bertz CT molecular complexity index is 1740. The van der Waals surface area contributed by atoms with E-state index in [1.165, 1.54) is 18.2 Å². The van der Waals surface area contributed by atoms with Crippen molar-refractivity contribution in [1.29, 1.82) is 0 Å². The summed E-state index contributed by atoms with van der Waals surface area (Å²) in [4.78, 5) is 34.6. The van der Waals surface area contributed by atoms with Crippen molar-refractivity contribution in [1.82, 2.24) is 0 Å². The van der Waals surface area contributed by atoms with Crippen LogP contribution in [0, 0.1) is 10.1 Å². The summed E-state index contributed by atoms with van der Waals surface area (Å²) in [5.41, 5.74) is -4.80. The van der Waals surface area contributed by atoms with E-state index in [-0.39, 0.29) is 5.56 Å². The Morgan fingerprint density at radius 3 is 1.84 bits per heavy atom. The number of phenols is 2. The first kappa shape index (κ1) is 33.9. The van der Waals surface area contributed by atoms with E-state index in [9.17, 15) is 56.3 Å². The third-order valence-corrected chi connectivity index (χ3v) is 6.12. The predicted octanol–water partition coefficient (Wildman–Crippen LogP) is 7.21. The molecule has 0 heterocycles. The highest BCUT2D eigenvalue weighted by Crippen LogP contribution is 2.44. The van der Waals surface area contributed by atoms with Gasteiger partial charge in [-0.3, -0.25) is 19.7 Å². The molecule has 0 saturated carbocycles. The summed E-state index contributed by atoms with van der Waals surface area (Å²) in [6, 6.07) is 15.3. The average molecular weight is 637 g/mol. The van der Waals surface area contributed by atoms with Gasteiger partial charge in [0.15, 0.2) is 28.8 Å². The number of nitrogens with zero attached hydrogens (tertiary/aromatic N) is 1. The molecule has 0 aliphatic heterocycles. The zero-order chi connectivity index (χ0) is 33.7. The smallest absolute Gasteiger partial charge is 0.420 e. The monoisotopic (exact) mass is 637 g/mol. The van der Waals surface area contributed by atoms with Gasteiger partial charge >= 0.3 is 18.0 Å². The maximum absolute atomic E-state index is 13.2. The number of carbonyl (C=O) groups is 2. The largest absolute Gasteiger partial charge is 0.504 e. The Labute approximate surface area is 250 Å². The van der Waals surface area contributed by atoms with E-state index in [0.29, 0.717) is 6.07 Å². The Hall–Kier alpha value is -5.60. The number of rotatable bonds is 7. The minimum atomic E-state index is -4.83. The molecule has 0 unspecified atom stereocenters. The molecule has 0 radical (unpaired) electrons. The Balaban J connectivity index is 0.000000248. The van der Waals surface area contributed by atoms with Crippen molar-refractivity contribution in [2.45, 2.75) is 12.4 Å². The molecule has 0 fully saturated rings. The second-order valence-corrected chi connectivity index (χ2v) is 8.91.